The lowest BCUT2D eigenvalue weighted by Gasteiger charge is -2.42. The first kappa shape index (κ1) is 29.1. The molecule has 0 aliphatic carbocycles. The number of anilines is 1. The molecule has 1 aromatic heterocycles. The molecule has 38 heavy (non-hydrogen) atoms. The van der Waals surface area contributed by atoms with Crippen LogP contribution in [0.2, 0.25) is 0 Å². The van der Waals surface area contributed by atoms with Crippen LogP contribution >= 0.6 is 0 Å². The van der Waals surface area contributed by atoms with E-state index in [0.29, 0.717) is 12.1 Å². The summed E-state index contributed by atoms with van der Waals surface area (Å²) in [7, 11) is 1.35. The number of carbonyl (C=O) groups is 2. The average molecular weight is 547 g/mol. The molecule has 0 radical (unpaired) electrons. The number of hydrogen-bond donors (Lipinski definition) is 0. The molecule has 0 spiro atoms. The molecule has 0 saturated carbocycles. The molecule has 2 unspecified atom stereocenters. The van der Waals surface area contributed by atoms with Gasteiger partial charge in [-0.1, -0.05) is 0 Å². The predicted octanol–water partition coefficient (Wildman–Crippen LogP) is 6.36. The van der Waals surface area contributed by atoms with Crippen LogP contribution in [0.3, 0.4) is 0 Å². The van der Waals surface area contributed by atoms with Gasteiger partial charge in [0.05, 0.1) is 41.8 Å². The van der Waals surface area contributed by atoms with E-state index in [1.807, 2.05) is 0 Å². The molecule has 3 rings (SSSR count). The minimum absolute atomic E-state index is 0.0320. The second-order valence-electron chi connectivity index (χ2n) is 9.22. The number of halogens is 6. The molecule has 0 bridgehead atoms. The van der Waals surface area contributed by atoms with Crippen LogP contribution in [0.4, 0.5) is 36.8 Å². The van der Waals surface area contributed by atoms with Crippen LogP contribution in [0.15, 0.2) is 30.3 Å². The molecule has 1 aliphatic rings. The number of ether oxygens (including phenoxy) is 2. The minimum atomic E-state index is -5.03. The van der Waals surface area contributed by atoms with Crippen molar-refractivity contribution in [1.29, 1.82) is 0 Å². The molecule has 208 valence electrons. The van der Waals surface area contributed by atoms with Gasteiger partial charge in [-0.2, -0.15) is 26.3 Å². The number of benzene rings is 1. The number of amides is 2. The summed E-state index contributed by atoms with van der Waals surface area (Å²) in [5, 5.41) is 0. The zero-order valence-electron chi connectivity index (χ0n) is 21.3. The first-order valence-electron chi connectivity index (χ1n) is 11.6. The van der Waals surface area contributed by atoms with Crippen LogP contribution in [0.5, 0.6) is 5.88 Å². The molecule has 0 N–H and O–H groups in total. The Labute approximate surface area is 215 Å². The maximum atomic E-state index is 13.4. The SMILES string of the molecule is COc1ccc2c(n1)C(N(Cc1cc(C(F)(F)F)cc(C(F)(F)F)c1)C(C)=O)CC(C)N2C(=O)OC(C)C. The molecule has 7 nitrogen and oxygen atoms in total. The zero-order chi connectivity index (χ0) is 28.6. The van der Waals surface area contributed by atoms with E-state index in [1.54, 1.807) is 20.8 Å². The van der Waals surface area contributed by atoms with Crippen molar-refractivity contribution in [3.8, 4) is 5.88 Å². The number of fused-ring (bicyclic) bond motifs is 1. The Kier molecular flexibility index (Phi) is 8.18. The number of methoxy groups -OCH3 is 1. The quantitative estimate of drug-likeness (QED) is 0.408. The van der Waals surface area contributed by atoms with Gasteiger partial charge in [0.25, 0.3) is 0 Å². The smallest absolute Gasteiger partial charge is 0.416 e. The largest absolute Gasteiger partial charge is 0.481 e. The molecule has 13 heteroatoms. The molecule has 1 aromatic carbocycles. The molecule has 0 fully saturated rings. The van der Waals surface area contributed by atoms with Gasteiger partial charge in [-0.25, -0.2) is 9.78 Å². The molecule has 0 saturated heterocycles. The van der Waals surface area contributed by atoms with Gasteiger partial charge in [0.15, 0.2) is 0 Å². The number of nitrogens with zero attached hydrogens (tertiary/aromatic N) is 3. The van der Waals surface area contributed by atoms with Crippen LogP contribution in [-0.2, 0) is 28.4 Å². The van der Waals surface area contributed by atoms with E-state index >= 15 is 0 Å². The summed E-state index contributed by atoms with van der Waals surface area (Å²) in [5.74, 6) is -0.468. The van der Waals surface area contributed by atoms with Crippen molar-refractivity contribution in [1.82, 2.24) is 9.88 Å². The summed E-state index contributed by atoms with van der Waals surface area (Å²) in [6.45, 7) is 5.62. The number of hydrogen-bond acceptors (Lipinski definition) is 5. The van der Waals surface area contributed by atoms with E-state index in [4.69, 9.17) is 9.47 Å². The number of alkyl halides is 6. The number of carbonyl (C=O) groups excluding carboxylic acids is 2. The maximum absolute atomic E-state index is 13.4. The van der Waals surface area contributed by atoms with Gasteiger partial charge in [0, 0.05) is 25.6 Å². The highest BCUT2D eigenvalue weighted by Gasteiger charge is 2.41. The van der Waals surface area contributed by atoms with Gasteiger partial charge in [0.2, 0.25) is 11.8 Å². The fourth-order valence-electron chi connectivity index (χ4n) is 4.35. The third-order valence-electron chi connectivity index (χ3n) is 5.98. The average Bonchev–Trinajstić information content (AvgIpc) is 2.79. The summed E-state index contributed by atoms with van der Waals surface area (Å²) in [6, 6.07) is 2.79. The van der Waals surface area contributed by atoms with Gasteiger partial charge in [-0.05, 0) is 57.0 Å². The second-order valence-corrected chi connectivity index (χ2v) is 9.22. The van der Waals surface area contributed by atoms with E-state index in [-0.39, 0.29) is 35.3 Å². The topological polar surface area (TPSA) is 72.0 Å². The van der Waals surface area contributed by atoms with E-state index in [1.165, 1.54) is 24.1 Å². The van der Waals surface area contributed by atoms with Crippen molar-refractivity contribution in [2.45, 2.75) is 71.2 Å². The number of aromatic nitrogens is 1. The predicted molar refractivity (Wildman–Crippen MR) is 124 cm³/mol. The Bertz CT molecular complexity index is 1170. The van der Waals surface area contributed by atoms with E-state index in [2.05, 4.69) is 4.98 Å². The standard InChI is InChI=1S/C25H27F6N3O4/c1-13(2)38-23(36)34-14(3)8-20(22-19(34)6-7-21(32-22)37-5)33(15(4)35)12-16-9-17(24(26,27)28)11-18(10-16)25(29,30)31/h6-7,9-11,13-14,20H,8,12H2,1-5H3. The van der Waals surface area contributed by atoms with Crippen LogP contribution in [0.1, 0.15) is 62.5 Å². The van der Waals surface area contributed by atoms with E-state index < -0.39 is 60.2 Å². The van der Waals surface area contributed by atoms with Crippen molar-refractivity contribution >= 4 is 17.7 Å². The van der Waals surface area contributed by atoms with Gasteiger partial charge in [0.1, 0.15) is 0 Å². The second kappa shape index (κ2) is 10.7. The molecular formula is C25H27F6N3O4. The van der Waals surface area contributed by atoms with Gasteiger partial charge in [-0.3, -0.25) is 9.69 Å². The number of pyridine rings is 1. The summed E-state index contributed by atoms with van der Waals surface area (Å²) in [5.41, 5.74) is -2.84. The van der Waals surface area contributed by atoms with Crippen LogP contribution < -0.4 is 9.64 Å². The Morgan fingerprint density at radius 1 is 1.08 bits per heavy atom. The van der Waals surface area contributed by atoms with Gasteiger partial charge < -0.3 is 14.4 Å². The normalized spacial score (nSPS) is 17.7. The zero-order valence-corrected chi connectivity index (χ0v) is 21.3. The lowest BCUT2D eigenvalue weighted by atomic mass is 9.94. The summed E-state index contributed by atoms with van der Waals surface area (Å²) < 4.78 is 91.0. The molecule has 2 heterocycles. The van der Waals surface area contributed by atoms with Crippen LogP contribution in [0.25, 0.3) is 0 Å². The highest BCUT2D eigenvalue weighted by Crippen LogP contribution is 2.42. The highest BCUT2D eigenvalue weighted by molar-refractivity contribution is 5.90. The monoisotopic (exact) mass is 547 g/mol. The Hall–Kier alpha value is -3.51. The summed E-state index contributed by atoms with van der Waals surface area (Å²) in [6.07, 6.45) is -11.1. The lowest BCUT2D eigenvalue weighted by Crippen LogP contribution is -2.48. The van der Waals surface area contributed by atoms with E-state index in [9.17, 15) is 35.9 Å². The lowest BCUT2D eigenvalue weighted by molar-refractivity contribution is -0.143. The van der Waals surface area contributed by atoms with Crippen molar-refractivity contribution in [2.75, 3.05) is 12.0 Å². The van der Waals surface area contributed by atoms with Crippen molar-refractivity contribution in [3.05, 3.63) is 52.7 Å². The Balaban J connectivity index is 2.11. The molecule has 2 atom stereocenters. The highest BCUT2D eigenvalue weighted by atomic mass is 19.4. The Morgan fingerprint density at radius 3 is 2.13 bits per heavy atom. The summed E-state index contributed by atoms with van der Waals surface area (Å²) in [4.78, 5) is 32.5. The molecule has 2 aromatic rings. The molecule has 1 aliphatic heterocycles. The third kappa shape index (κ3) is 6.30. The first-order valence-corrected chi connectivity index (χ1v) is 11.6. The third-order valence-corrected chi connectivity index (χ3v) is 5.98. The Morgan fingerprint density at radius 2 is 1.66 bits per heavy atom. The fraction of sp³-hybridized carbons (Fsp3) is 0.480. The van der Waals surface area contributed by atoms with Crippen LogP contribution in [-0.4, -0.2) is 41.1 Å². The molecular weight excluding hydrogens is 520 g/mol. The van der Waals surface area contributed by atoms with Crippen molar-refractivity contribution < 1.29 is 45.4 Å². The maximum Gasteiger partial charge on any atom is 0.416 e. The van der Waals surface area contributed by atoms with Crippen LogP contribution in [0, 0.1) is 0 Å². The van der Waals surface area contributed by atoms with Gasteiger partial charge >= 0.3 is 18.4 Å². The van der Waals surface area contributed by atoms with Crippen molar-refractivity contribution in [3.63, 3.8) is 0 Å². The van der Waals surface area contributed by atoms with Crippen molar-refractivity contribution in [2.24, 2.45) is 0 Å². The first-order chi connectivity index (χ1) is 17.5. The van der Waals surface area contributed by atoms with Gasteiger partial charge in [-0.15, -0.1) is 0 Å². The summed E-state index contributed by atoms with van der Waals surface area (Å²) >= 11 is 0. The fourth-order valence-corrected chi connectivity index (χ4v) is 4.35. The minimum Gasteiger partial charge on any atom is -0.481 e. The molecule has 2 amide bonds. The number of rotatable bonds is 5. The van der Waals surface area contributed by atoms with E-state index in [0.717, 1.165) is 11.8 Å².